The summed E-state index contributed by atoms with van der Waals surface area (Å²) in [5, 5.41) is 8.52. The molecule has 0 unspecified atom stereocenters. The van der Waals surface area contributed by atoms with E-state index in [2.05, 4.69) is 0 Å². The molecule has 0 atom stereocenters. The van der Waals surface area contributed by atoms with Gasteiger partial charge in [-0.1, -0.05) is 0 Å². The maximum absolute atomic E-state index is 12.0. The number of hydrogen-bond acceptors (Lipinski definition) is 5. The molecule has 7 nitrogen and oxygen atoms in total. The van der Waals surface area contributed by atoms with Crippen LogP contribution in [0.5, 0.6) is 0 Å². The second-order valence-corrected chi connectivity index (χ2v) is 6.86. The van der Waals surface area contributed by atoms with Crippen molar-refractivity contribution >= 4 is 16.0 Å². The highest BCUT2D eigenvalue weighted by Gasteiger charge is 2.27. The first kappa shape index (κ1) is 17.4. The number of ether oxygens (including phenoxy) is 2. The summed E-state index contributed by atoms with van der Waals surface area (Å²) in [4.78, 5) is 10.4. The normalized spacial score (nSPS) is 18.2. The minimum absolute atomic E-state index is 0.0183. The van der Waals surface area contributed by atoms with Crippen LogP contribution in [0.15, 0.2) is 0 Å². The van der Waals surface area contributed by atoms with Gasteiger partial charge in [-0.15, -0.1) is 0 Å². The molecule has 0 saturated carbocycles. The second-order valence-electron chi connectivity index (χ2n) is 4.78. The van der Waals surface area contributed by atoms with Gasteiger partial charge in [0.1, 0.15) is 0 Å². The Hall–Kier alpha value is -0.700. The maximum atomic E-state index is 12.0. The van der Waals surface area contributed by atoms with Crippen LogP contribution < -0.4 is 0 Å². The van der Waals surface area contributed by atoms with Gasteiger partial charge >= 0.3 is 5.97 Å². The zero-order chi connectivity index (χ0) is 15.0. The molecule has 8 heteroatoms. The van der Waals surface area contributed by atoms with Crippen LogP contribution in [0.1, 0.15) is 25.7 Å². The Morgan fingerprint density at radius 3 is 2.50 bits per heavy atom. The van der Waals surface area contributed by atoms with E-state index in [1.54, 1.807) is 7.11 Å². The summed E-state index contributed by atoms with van der Waals surface area (Å²) in [5.74, 6) is -0.783. The third-order valence-electron chi connectivity index (χ3n) is 3.21. The third-order valence-corrected chi connectivity index (χ3v) is 5.17. The molecule has 0 aliphatic carbocycles. The molecule has 0 aromatic heterocycles. The summed E-state index contributed by atoms with van der Waals surface area (Å²) >= 11 is 0. The van der Waals surface area contributed by atoms with Crippen LogP contribution >= 0.6 is 0 Å². The average molecular weight is 309 g/mol. The minimum Gasteiger partial charge on any atom is -0.481 e. The number of hydrogen-bond donors (Lipinski definition) is 1. The highest BCUT2D eigenvalue weighted by molar-refractivity contribution is 7.89. The number of carbonyl (C=O) groups is 1. The molecule has 1 heterocycles. The lowest BCUT2D eigenvalue weighted by Crippen LogP contribution is -2.42. The van der Waals surface area contributed by atoms with Gasteiger partial charge in [0.05, 0.1) is 24.9 Å². The third kappa shape index (κ3) is 6.17. The smallest absolute Gasteiger partial charge is 0.305 e. The van der Waals surface area contributed by atoms with E-state index >= 15 is 0 Å². The first-order chi connectivity index (χ1) is 9.45. The van der Waals surface area contributed by atoms with Gasteiger partial charge in [0.2, 0.25) is 10.0 Å². The lowest BCUT2D eigenvalue weighted by atomic mass is 10.1. The summed E-state index contributed by atoms with van der Waals surface area (Å²) in [6, 6.07) is 0. The Morgan fingerprint density at radius 1 is 1.30 bits per heavy atom. The Balaban J connectivity index is 2.28. The van der Waals surface area contributed by atoms with E-state index in [-0.39, 0.29) is 24.9 Å². The number of piperidine rings is 1. The Labute approximate surface area is 119 Å². The van der Waals surface area contributed by atoms with Crippen LogP contribution in [-0.2, 0) is 24.3 Å². The van der Waals surface area contributed by atoms with Crippen molar-refractivity contribution in [2.75, 3.05) is 39.2 Å². The van der Waals surface area contributed by atoms with Crippen molar-refractivity contribution in [3.63, 3.8) is 0 Å². The Morgan fingerprint density at radius 2 is 1.95 bits per heavy atom. The molecule has 1 N–H and O–H groups in total. The molecule has 0 aromatic carbocycles. The van der Waals surface area contributed by atoms with Crippen LogP contribution in [0.25, 0.3) is 0 Å². The zero-order valence-electron chi connectivity index (χ0n) is 11.8. The molecule has 118 valence electrons. The molecule has 0 bridgehead atoms. The number of methoxy groups -OCH3 is 1. The summed E-state index contributed by atoms with van der Waals surface area (Å²) in [5.41, 5.74) is 0. The van der Waals surface area contributed by atoms with E-state index in [4.69, 9.17) is 14.6 Å². The topological polar surface area (TPSA) is 93.1 Å². The summed E-state index contributed by atoms with van der Waals surface area (Å²) in [7, 11) is -1.66. The van der Waals surface area contributed by atoms with E-state index in [0.717, 1.165) is 0 Å². The van der Waals surface area contributed by atoms with Gasteiger partial charge < -0.3 is 14.6 Å². The summed E-state index contributed by atoms with van der Waals surface area (Å²) in [6.45, 7) is 1.49. The number of rotatable bonds is 9. The molecule has 0 spiro atoms. The first-order valence-corrected chi connectivity index (χ1v) is 8.37. The van der Waals surface area contributed by atoms with E-state index in [1.165, 1.54) is 4.31 Å². The molecule has 1 aliphatic rings. The van der Waals surface area contributed by atoms with Crippen molar-refractivity contribution in [3.8, 4) is 0 Å². The molecular formula is C12H23NO6S. The van der Waals surface area contributed by atoms with Crippen molar-refractivity contribution in [1.82, 2.24) is 4.31 Å². The minimum atomic E-state index is -3.21. The summed E-state index contributed by atoms with van der Waals surface area (Å²) in [6.07, 6.45) is 1.66. The molecule has 1 fully saturated rings. The lowest BCUT2D eigenvalue weighted by molar-refractivity contribution is -0.138. The van der Waals surface area contributed by atoms with Gasteiger partial charge in [0, 0.05) is 26.8 Å². The van der Waals surface area contributed by atoms with Gasteiger partial charge in [-0.2, -0.15) is 0 Å². The van der Waals surface area contributed by atoms with Crippen molar-refractivity contribution in [1.29, 1.82) is 0 Å². The number of sulfonamides is 1. The fraction of sp³-hybridized carbons (Fsp3) is 0.917. The molecule has 0 radical (unpaired) electrons. The number of aliphatic carboxylic acids is 1. The first-order valence-electron chi connectivity index (χ1n) is 6.76. The number of carboxylic acids is 1. The molecular weight excluding hydrogens is 286 g/mol. The second kappa shape index (κ2) is 8.56. The maximum Gasteiger partial charge on any atom is 0.305 e. The Bertz CT molecular complexity index is 389. The van der Waals surface area contributed by atoms with Gasteiger partial charge in [-0.3, -0.25) is 4.79 Å². The average Bonchev–Trinajstić information content (AvgIpc) is 2.39. The van der Waals surface area contributed by atoms with E-state index in [1.807, 2.05) is 0 Å². The fourth-order valence-corrected chi connectivity index (χ4v) is 3.61. The van der Waals surface area contributed by atoms with Crippen LogP contribution in [0.3, 0.4) is 0 Å². The van der Waals surface area contributed by atoms with Crippen LogP contribution in [0.4, 0.5) is 0 Å². The van der Waals surface area contributed by atoms with E-state index in [0.29, 0.717) is 39.0 Å². The van der Waals surface area contributed by atoms with Gasteiger partial charge in [-0.25, -0.2) is 12.7 Å². The van der Waals surface area contributed by atoms with Crippen molar-refractivity contribution in [2.24, 2.45) is 0 Å². The van der Waals surface area contributed by atoms with Crippen LogP contribution in [0, 0.1) is 0 Å². The summed E-state index contributed by atoms with van der Waals surface area (Å²) < 4.78 is 35.8. The quantitative estimate of drug-likeness (QED) is 0.616. The van der Waals surface area contributed by atoms with E-state index < -0.39 is 16.0 Å². The molecule has 1 saturated heterocycles. The molecule has 0 aromatic rings. The Kier molecular flexibility index (Phi) is 7.42. The molecule has 1 rings (SSSR count). The predicted octanol–water partition coefficient (Wildman–Crippen LogP) is 0.308. The molecule has 0 amide bonds. The highest BCUT2D eigenvalue weighted by atomic mass is 32.2. The number of carboxylic acid groups (broad SMARTS) is 1. The van der Waals surface area contributed by atoms with Gasteiger partial charge in [-0.05, 0) is 19.3 Å². The van der Waals surface area contributed by atoms with Gasteiger partial charge in [0.15, 0.2) is 0 Å². The van der Waals surface area contributed by atoms with Crippen molar-refractivity contribution < 1.29 is 27.8 Å². The van der Waals surface area contributed by atoms with E-state index in [9.17, 15) is 13.2 Å². The zero-order valence-corrected chi connectivity index (χ0v) is 12.6. The highest BCUT2D eigenvalue weighted by Crippen LogP contribution is 2.17. The predicted molar refractivity (Wildman–Crippen MR) is 73.1 cm³/mol. The molecule has 20 heavy (non-hydrogen) atoms. The lowest BCUT2D eigenvalue weighted by Gasteiger charge is -2.31. The largest absolute Gasteiger partial charge is 0.481 e. The standard InChI is InChI=1S/C12H23NO6S/c1-18-8-2-10-20(16,17)13-6-3-11(4-7-13)19-9-5-12(14)15/h11H,2-10H2,1H3,(H,14,15). The monoisotopic (exact) mass is 309 g/mol. The van der Waals surface area contributed by atoms with Crippen LogP contribution in [0.2, 0.25) is 0 Å². The number of nitrogens with zero attached hydrogens (tertiary/aromatic N) is 1. The van der Waals surface area contributed by atoms with Crippen molar-refractivity contribution in [2.45, 2.75) is 31.8 Å². The van der Waals surface area contributed by atoms with Crippen LogP contribution in [-0.4, -0.2) is 69.1 Å². The fourth-order valence-electron chi connectivity index (χ4n) is 2.10. The SMILES string of the molecule is COCCCS(=O)(=O)N1CCC(OCCC(=O)O)CC1. The van der Waals surface area contributed by atoms with Crippen molar-refractivity contribution in [3.05, 3.63) is 0 Å². The molecule has 1 aliphatic heterocycles. The van der Waals surface area contributed by atoms with Gasteiger partial charge in [0.25, 0.3) is 0 Å².